The molecule has 3 nitrogen and oxygen atoms in total. The molecule has 0 aromatic heterocycles. The van der Waals surface area contributed by atoms with E-state index in [9.17, 15) is 0 Å². The molecular formula is C19H18N2O. The fraction of sp³-hybridized carbons (Fsp3) is 0.0526. The summed E-state index contributed by atoms with van der Waals surface area (Å²) in [5.41, 5.74) is 16.3. The Kier molecular flexibility index (Phi) is 3.97. The minimum absolute atomic E-state index is 0.483. The van der Waals surface area contributed by atoms with Crippen molar-refractivity contribution >= 4 is 11.4 Å². The van der Waals surface area contributed by atoms with Crippen molar-refractivity contribution in [1.29, 1.82) is 0 Å². The number of hydrogen-bond donors (Lipinski definition) is 2. The minimum atomic E-state index is 0.483. The van der Waals surface area contributed by atoms with E-state index in [1.165, 1.54) is 0 Å². The Morgan fingerprint density at radius 2 is 1.45 bits per heavy atom. The number of nitrogens with two attached hydrogens (primary N) is 2. The van der Waals surface area contributed by atoms with Gasteiger partial charge in [-0.3, -0.25) is 0 Å². The number of rotatable bonds is 4. The standard InChI is InChI=1S/C19H18N2O/c20-16-11-9-15(10-12-16)17-7-4-8-18(21)19(17)22-13-14-5-2-1-3-6-14/h1-12H,13,20-21H2. The number of ether oxygens (including phenoxy) is 1. The Morgan fingerprint density at radius 1 is 0.727 bits per heavy atom. The first-order chi connectivity index (χ1) is 10.7. The average Bonchev–Trinajstić information content (AvgIpc) is 2.55. The van der Waals surface area contributed by atoms with Gasteiger partial charge in [0.2, 0.25) is 0 Å². The number of nitrogen functional groups attached to an aromatic ring is 2. The Morgan fingerprint density at radius 3 is 2.18 bits per heavy atom. The van der Waals surface area contributed by atoms with Gasteiger partial charge in [-0.25, -0.2) is 0 Å². The van der Waals surface area contributed by atoms with Crippen molar-refractivity contribution in [2.75, 3.05) is 11.5 Å². The molecule has 0 amide bonds. The van der Waals surface area contributed by atoms with Gasteiger partial charge in [-0.05, 0) is 29.3 Å². The number of benzene rings is 3. The summed E-state index contributed by atoms with van der Waals surface area (Å²) in [5, 5.41) is 0. The van der Waals surface area contributed by atoms with E-state index in [4.69, 9.17) is 16.2 Å². The van der Waals surface area contributed by atoms with Crippen LogP contribution in [0.25, 0.3) is 11.1 Å². The molecule has 22 heavy (non-hydrogen) atoms. The molecule has 4 N–H and O–H groups in total. The lowest BCUT2D eigenvalue weighted by Crippen LogP contribution is -2.00. The Labute approximate surface area is 130 Å². The highest BCUT2D eigenvalue weighted by Crippen LogP contribution is 2.35. The van der Waals surface area contributed by atoms with Gasteiger partial charge in [0.15, 0.2) is 5.75 Å². The maximum atomic E-state index is 6.10. The number of hydrogen-bond acceptors (Lipinski definition) is 3. The predicted octanol–water partition coefficient (Wildman–Crippen LogP) is 4.10. The van der Waals surface area contributed by atoms with E-state index in [1.807, 2.05) is 72.8 Å². The molecule has 3 rings (SSSR count). The highest BCUT2D eigenvalue weighted by molar-refractivity contribution is 5.77. The van der Waals surface area contributed by atoms with Crippen LogP contribution >= 0.6 is 0 Å². The van der Waals surface area contributed by atoms with Crippen LogP contribution in [-0.4, -0.2) is 0 Å². The molecule has 0 unspecified atom stereocenters. The van der Waals surface area contributed by atoms with Crippen LogP contribution < -0.4 is 16.2 Å². The molecule has 0 aliphatic heterocycles. The molecule has 0 aliphatic rings. The number of para-hydroxylation sites is 1. The SMILES string of the molecule is Nc1ccc(-c2cccc(N)c2OCc2ccccc2)cc1. The van der Waals surface area contributed by atoms with Crippen LogP contribution in [0.2, 0.25) is 0 Å². The van der Waals surface area contributed by atoms with E-state index in [0.717, 1.165) is 22.4 Å². The molecule has 0 saturated heterocycles. The van der Waals surface area contributed by atoms with Crippen LogP contribution in [0, 0.1) is 0 Å². The van der Waals surface area contributed by atoms with Gasteiger partial charge in [0.25, 0.3) is 0 Å². The predicted molar refractivity (Wildman–Crippen MR) is 91.5 cm³/mol. The molecule has 0 radical (unpaired) electrons. The average molecular weight is 290 g/mol. The van der Waals surface area contributed by atoms with Crippen LogP contribution in [0.3, 0.4) is 0 Å². The Hall–Kier alpha value is -2.94. The largest absolute Gasteiger partial charge is 0.486 e. The quantitative estimate of drug-likeness (QED) is 0.711. The zero-order valence-corrected chi connectivity index (χ0v) is 12.2. The zero-order valence-electron chi connectivity index (χ0n) is 12.2. The lowest BCUT2D eigenvalue weighted by molar-refractivity contribution is 0.309. The molecule has 3 heteroatoms. The van der Waals surface area contributed by atoms with Crippen LogP contribution in [0.5, 0.6) is 5.75 Å². The molecule has 0 fully saturated rings. The van der Waals surface area contributed by atoms with Crippen molar-refractivity contribution in [2.45, 2.75) is 6.61 Å². The van der Waals surface area contributed by atoms with Crippen molar-refractivity contribution in [2.24, 2.45) is 0 Å². The summed E-state index contributed by atoms with van der Waals surface area (Å²) in [6, 6.07) is 23.5. The first-order valence-corrected chi connectivity index (χ1v) is 7.15. The zero-order chi connectivity index (χ0) is 15.4. The highest BCUT2D eigenvalue weighted by atomic mass is 16.5. The summed E-state index contributed by atoms with van der Waals surface area (Å²) in [7, 11) is 0. The van der Waals surface area contributed by atoms with E-state index in [0.29, 0.717) is 18.0 Å². The molecule has 0 atom stereocenters. The summed E-state index contributed by atoms with van der Waals surface area (Å²) in [6.45, 7) is 0.483. The fourth-order valence-corrected chi connectivity index (χ4v) is 2.34. The lowest BCUT2D eigenvalue weighted by atomic mass is 10.0. The van der Waals surface area contributed by atoms with E-state index >= 15 is 0 Å². The molecule has 110 valence electrons. The van der Waals surface area contributed by atoms with E-state index in [1.54, 1.807) is 0 Å². The second-order valence-corrected chi connectivity index (χ2v) is 5.12. The summed E-state index contributed by atoms with van der Waals surface area (Å²) in [4.78, 5) is 0. The smallest absolute Gasteiger partial charge is 0.150 e. The molecular weight excluding hydrogens is 272 g/mol. The first kappa shape index (κ1) is 14.0. The van der Waals surface area contributed by atoms with Gasteiger partial charge in [0.05, 0.1) is 5.69 Å². The fourth-order valence-electron chi connectivity index (χ4n) is 2.34. The first-order valence-electron chi connectivity index (χ1n) is 7.15. The highest BCUT2D eigenvalue weighted by Gasteiger charge is 2.10. The molecule has 0 aliphatic carbocycles. The second-order valence-electron chi connectivity index (χ2n) is 5.12. The van der Waals surface area contributed by atoms with Crippen LogP contribution in [0.1, 0.15) is 5.56 Å². The van der Waals surface area contributed by atoms with E-state index in [2.05, 4.69) is 0 Å². The van der Waals surface area contributed by atoms with Crippen molar-refractivity contribution in [1.82, 2.24) is 0 Å². The van der Waals surface area contributed by atoms with Gasteiger partial charge < -0.3 is 16.2 Å². The minimum Gasteiger partial charge on any atom is -0.486 e. The van der Waals surface area contributed by atoms with Crippen molar-refractivity contribution < 1.29 is 4.74 Å². The summed E-state index contributed by atoms with van der Waals surface area (Å²) >= 11 is 0. The van der Waals surface area contributed by atoms with E-state index < -0.39 is 0 Å². The third-order valence-electron chi connectivity index (χ3n) is 3.49. The second kappa shape index (κ2) is 6.22. The molecule has 0 bridgehead atoms. The number of anilines is 2. The van der Waals surface area contributed by atoms with Crippen molar-refractivity contribution in [3.8, 4) is 16.9 Å². The maximum Gasteiger partial charge on any atom is 0.150 e. The van der Waals surface area contributed by atoms with Crippen LogP contribution in [-0.2, 0) is 6.61 Å². The topological polar surface area (TPSA) is 61.3 Å². The normalized spacial score (nSPS) is 10.4. The molecule has 0 heterocycles. The third-order valence-corrected chi connectivity index (χ3v) is 3.49. The van der Waals surface area contributed by atoms with Crippen molar-refractivity contribution in [3.63, 3.8) is 0 Å². The van der Waals surface area contributed by atoms with Crippen LogP contribution in [0.4, 0.5) is 11.4 Å². The van der Waals surface area contributed by atoms with Crippen molar-refractivity contribution in [3.05, 3.63) is 78.4 Å². The van der Waals surface area contributed by atoms with Gasteiger partial charge >= 0.3 is 0 Å². The molecule has 0 saturated carbocycles. The van der Waals surface area contributed by atoms with Crippen LogP contribution in [0.15, 0.2) is 72.8 Å². The summed E-state index contributed by atoms with van der Waals surface area (Å²) in [6.07, 6.45) is 0. The third kappa shape index (κ3) is 3.04. The lowest BCUT2D eigenvalue weighted by Gasteiger charge is -2.14. The van der Waals surface area contributed by atoms with Gasteiger partial charge in [0, 0.05) is 11.3 Å². The monoisotopic (exact) mass is 290 g/mol. The maximum absolute atomic E-state index is 6.10. The summed E-state index contributed by atoms with van der Waals surface area (Å²) < 4.78 is 5.98. The molecule has 3 aromatic rings. The Bertz CT molecular complexity index is 752. The van der Waals surface area contributed by atoms with Gasteiger partial charge in [-0.1, -0.05) is 54.6 Å². The summed E-state index contributed by atoms with van der Waals surface area (Å²) in [5.74, 6) is 0.705. The Balaban J connectivity index is 1.91. The molecule has 3 aromatic carbocycles. The van der Waals surface area contributed by atoms with Gasteiger partial charge in [0.1, 0.15) is 6.61 Å². The van der Waals surface area contributed by atoms with E-state index in [-0.39, 0.29) is 0 Å². The van der Waals surface area contributed by atoms with Gasteiger partial charge in [-0.15, -0.1) is 0 Å². The molecule has 0 spiro atoms. The van der Waals surface area contributed by atoms with Gasteiger partial charge in [-0.2, -0.15) is 0 Å².